The second kappa shape index (κ2) is 14.5. The van der Waals surface area contributed by atoms with E-state index in [2.05, 4.69) is 15.0 Å². The molecule has 1 aromatic heterocycles. The van der Waals surface area contributed by atoms with E-state index in [0.717, 1.165) is 9.80 Å². The number of aromatic nitrogens is 1. The first-order valence-electron chi connectivity index (χ1n) is 20.2. The summed E-state index contributed by atoms with van der Waals surface area (Å²) >= 11 is 0. The van der Waals surface area contributed by atoms with E-state index in [4.69, 9.17) is 9.47 Å². The van der Waals surface area contributed by atoms with Crippen molar-refractivity contribution in [1.82, 2.24) is 24.8 Å². The number of pyridine rings is 1. The molecule has 19 heteroatoms. The number of carbonyl (C=O) groups excluding carboxylic acids is 3. The smallest absolute Gasteiger partial charge is 0.437 e. The molecule has 0 bridgehead atoms. The van der Waals surface area contributed by atoms with Crippen molar-refractivity contribution in [3.63, 3.8) is 0 Å². The zero-order valence-corrected chi connectivity index (χ0v) is 35.3. The number of rotatable bonds is 5. The van der Waals surface area contributed by atoms with Crippen LogP contribution in [-0.4, -0.2) is 104 Å². The van der Waals surface area contributed by atoms with E-state index in [9.17, 15) is 46.2 Å². The predicted octanol–water partition coefficient (Wildman–Crippen LogP) is 5.13. The SMILES string of the molecule is COc1ccc2nc(C(F)(F)F)c3c(c2c1)[C@](C)(O)C[C@]1(C[C@H]2C(=O)N[C@]4(C(=O)NS(=O)(=O)C5(C)CC5)C[C@H]4/C=C\CCCCC[C@H](N(C(=O)O)C(C)(C)C)C(=O)N2C1)O3. The number of fused-ring (bicyclic) bond motifs is 5. The lowest BCUT2D eigenvalue weighted by atomic mass is 9.77. The Morgan fingerprint density at radius 2 is 1.80 bits per heavy atom. The molecule has 3 fully saturated rings. The normalized spacial score (nSPS) is 31.0. The molecule has 15 nitrogen and oxygen atoms in total. The summed E-state index contributed by atoms with van der Waals surface area (Å²) in [6.07, 6.45) is -0.905. The van der Waals surface area contributed by atoms with Crippen LogP contribution < -0.4 is 19.5 Å². The second-order valence-electron chi connectivity index (χ2n) is 18.5. The van der Waals surface area contributed by atoms with Gasteiger partial charge in [-0.15, -0.1) is 0 Å². The fraction of sp³-hybridized carbons (Fsp3) is 0.634. The van der Waals surface area contributed by atoms with E-state index in [1.165, 1.54) is 39.2 Å². The molecule has 4 N–H and O–H groups in total. The average molecular weight is 864 g/mol. The van der Waals surface area contributed by atoms with Crippen LogP contribution >= 0.6 is 0 Å². The van der Waals surface area contributed by atoms with Crippen LogP contribution in [0.1, 0.15) is 110 Å². The summed E-state index contributed by atoms with van der Waals surface area (Å²) in [5.41, 5.74) is -8.60. The maximum atomic E-state index is 15.1. The number of nitrogens with zero attached hydrogens (tertiary/aromatic N) is 3. The number of amides is 4. The number of hydrogen-bond donors (Lipinski definition) is 4. The van der Waals surface area contributed by atoms with Crippen LogP contribution in [-0.2, 0) is 36.2 Å². The third-order valence-electron chi connectivity index (χ3n) is 12.8. The zero-order valence-electron chi connectivity index (χ0n) is 34.4. The Morgan fingerprint density at radius 1 is 1.10 bits per heavy atom. The number of ether oxygens (including phenoxy) is 2. The van der Waals surface area contributed by atoms with Crippen LogP contribution in [0.3, 0.4) is 0 Å². The van der Waals surface area contributed by atoms with E-state index in [1.54, 1.807) is 26.8 Å². The molecule has 7 rings (SSSR count). The molecular formula is C41H52F3N5O10S. The van der Waals surface area contributed by atoms with Crippen molar-refractivity contribution < 1.29 is 60.5 Å². The first-order valence-corrected chi connectivity index (χ1v) is 21.7. The summed E-state index contributed by atoms with van der Waals surface area (Å²) in [4.78, 5) is 62.8. The second-order valence-corrected chi connectivity index (χ2v) is 20.7. The molecule has 2 aliphatic carbocycles. The van der Waals surface area contributed by atoms with Gasteiger partial charge in [-0.05, 0) is 91.3 Å². The molecule has 60 heavy (non-hydrogen) atoms. The lowest BCUT2D eigenvalue weighted by Crippen LogP contribution is -2.61. The topological polar surface area (TPSA) is 205 Å². The van der Waals surface area contributed by atoms with Crippen molar-refractivity contribution in [2.45, 2.75) is 144 Å². The van der Waals surface area contributed by atoms with Gasteiger partial charge in [0.1, 0.15) is 29.0 Å². The molecule has 2 saturated carbocycles. The number of benzene rings is 1. The van der Waals surface area contributed by atoms with Gasteiger partial charge in [0.2, 0.25) is 21.8 Å². The van der Waals surface area contributed by atoms with Crippen LogP contribution in [0.25, 0.3) is 10.9 Å². The van der Waals surface area contributed by atoms with Gasteiger partial charge in [-0.25, -0.2) is 18.2 Å². The number of carbonyl (C=O) groups is 4. The van der Waals surface area contributed by atoms with Gasteiger partial charge >= 0.3 is 12.3 Å². The molecule has 5 aliphatic rings. The average Bonchev–Trinajstić information content (AvgIpc) is 4.02. The fourth-order valence-electron chi connectivity index (χ4n) is 9.31. The minimum Gasteiger partial charge on any atom is -0.497 e. The summed E-state index contributed by atoms with van der Waals surface area (Å²) in [7, 11) is -2.78. The highest BCUT2D eigenvalue weighted by atomic mass is 32.2. The maximum absolute atomic E-state index is 15.1. The van der Waals surface area contributed by atoms with E-state index in [0.29, 0.717) is 38.5 Å². The monoisotopic (exact) mass is 863 g/mol. The van der Waals surface area contributed by atoms with E-state index >= 15 is 4.79 Å². The first-order chi connectivity index (χ1) is 27.8. The fourth-order valence-corrected chi connectivity index (χ4v) is 10.6. The predicted molar refractivity (Wildman–Crippen MR) is 210 cm³/mol. The van der Waals surface area contributed by atoms with Gasteiger partial charge in [0.25, 0.3) is 5.91 Å². The largest absolute Gasteiger partial charge is 0.497 e. The first kappa shape index (κ1) is 43.4. The van der Waals surface area contributed by atoms with Gasteiger partial charge in [-0.3, -0.25) is 24.0 Å². The van der Waals surface area contributed by atoms with Gasteiger partial charge < -0.3 is 29.9 Å². The zero-order chi connectivity index (χ0) is 44.0. The Labute approximate surface area is 346 Å². The lowest BCUT2D eigenvalue weighted by molar-refractivity contribution is -0.148. The minimum absolute atomic E-state index is 0.0221. The van der Waals surface area contributed by atoms with E-state index in [-0.39, 0.29) is 35.1 Å². The number of sulfonamides is 1. The number of alkyl halides is 3. The highest BCUT2D eigenvalue weighted by Crippen LogP contribution is 2.55. The third-order valence-corrected chi connectivity index (χ3v) is 14.9. The van der Waals surface area contributed by atoms with Gasteiger partial charge in [-0.2, -0.15) is 13.2 Å². The van der Waals surface area contributed by atoms with Gasteiger partial charge in [0.05, 0.1) is 29.5 Å². The van der Waals surface area contributed by atoms with Crippen LogP contribution in [0, 0.1) is 5.92 Å². The van der Waals surface area contributed by atoms with Crippen LogP contribution in [0.2, 0.25) is 0 Å². The molecule has 4 amide bonds. The minimum atomic E-state index is -5.09. The molecule has 4 heterocycles. The summed E-state index contributed by atoms with van der Waals surface area (Å²) < 4.78 is 84.0. The maximum Gasteiger partial charge on any atom is 0.437 e. The number of aliphatic hydroxyl groups is 1. The van der Waals surface area contributed by atoms with E-state index in [1.807, 2.05) is 6.08 Å². The molecule has 2 aromatic rings. The quantitative estimate of drug-likeness (QED) is 0.290. The van der Waals surface area contributed by atoms with Crippen LogP contribution in [0.4, 0.5) is 18.0 Å². The third kappa shape index (κ3) is 7.64. The number of methoxy groups -OCH3 is 1. The molecular weight excluding hydrogens is 812 g/mol. The lowest BCUT2D eigenvalue weighted by Gasteiger charge is -2.44. The molecule has 0 unspecified atom stereocenters. The number of carboxylic acid groups (broad SMARTS) is 1. The van der Waals surface area contributed by atoms with Gasteiger partial charge in [-0.1, -0.05) is 25.0 Å². The highest BCUT2D eigenvalue weighted by molar-refractivity contribution is 7.91. The van der Waals surface area contributed by atoms with Crippen molar-refractivity contribution >= 4 is 44.7 Å². The molecule has 3 aliphatic heterocycles. The van der Waals surface area contributed by atoms with Crippen molar-refractivity contribution in [1.29, 1.82) is 0 Å². The summed E-state index contributed by atoms with van der Waals surface area (Å²) in [5, 5.41) is 25.6. The molecule has 1 spiro atoms. The van der Waals surface area contributed by atoms with Crippen LogP contribution in [0.5, 0.6) is 11.5 Å². The molecule has 1 saturated heterocycles. The number of nitrogens with one attached hydrogen (secondary N) is 2. The van der Waals surface area contributed by atoms with Gasteiger partial charge in [0, 0.05) is 35.2 Å². The molecule has 328 valence electrons. The van der Waals surface area contributed by atoms with Gasteiger partial charge in [0.15, 0.2) is 11.4 Å². The van der Waals surface area contributed by atoms with Crippen molar-refractivity contribution in [2.75, 3.05) is 13.7 Å². The Balaban J connectivity index is 1.35. The summed E-state index contributed by atoms with van der Waals surface area (Å²) in [6.45, 7) is 7.09. The molecule has 6 atom stereocenters. The Hall–Kier alpha value is -4.65. The Bertz CT molecular complexity index is 2270. The number of hydrogen-bond acceptors (Lipinski definition) is 10. The van der Waals surface area contributed by atoms with Crippen molar-refractivity contribution in [2.24, 2.45) is 5.92 Å². The van der Waals surface area contributed by atoms with Crippen molar-refractivity contribution in [3.05, 3.63) is 41.6 Å². The van der Waals surface area contributed by atoms with Crippen LogP contribution in [0.15, 0.2) is 30.4 Å². The summed E-state index contributed by atoms with van der Waals surface area (Å²) in [5.74, 6) is -3.87. The number of allylic oxidation sites excluding steroid dienone is 1. The van der Waals surface area contributed by atoms with E-state index < -0.39 is 116 Å². The Kier molecular flexibility index (Phi) is 10.5. The number of halogens is 3. The summed E-state index contributed by atoms with van der Waals surface area (Å²) in [6, 6.07) is 1.25. The Morgan fingerprint density at radius 3 is 2.42 bits per heavy atom. The standard InChI is InChI=1S/C41H52F3N5O10S/c1-36(2,3)49(35(53)54)27-13-11-9-7-8-10-12-23-19-40(23,34(52)47-60(56,57)37(4)16-17-37)46-32(50)28-20-39(22-48(28)33(27)51)21-38(5,55)29-25-18-24(58-6)14-15-26(25)45-31(30(29)59-39)41(42,43)44/h10,12,14-15,18,23,27-28,55H,7-9,11,13,16-17,19-22H2,1-6H3,(H,46,50)(H,47,52)(H,53,54)/b12-10-/t23-,27+,28+,38-,39+,40-/m1/s1. The molecule has 0 radical (unpaired) electrons. The van der Waals surface area contributed by atoms with Crippen molar-refractivity contribution in [3.8, 4) is 11.5 Å². The highest BCUT2D eigenvalue weighted by Gasteiger charge is 2.65. The molecule has 1 aromatic carbocycles.